The van der Waals surface area contributed by atoms with Gasteiger partial charge in [0.2, 0.25) is 0 Å². The molecule has 108 valence electrons. The maximum absolute atomic E-state index is 12.7. The molecule has 1 aromatic rings. The maximum atomic E-state index is 12.7. The largest absolute Gasteiger partial charge is 0.393 e. The molecule has 2 atom stereocenters. The average molecular weight is 295 g/mol. The molecule has 2 fully saturated rings. The maximum Gasteiger partial charge on any atom is 0.254 e. The number of rotatable bonds is 2. The number of amides is 1. The molecule has 2 bridgehead atoms. The fourth-order valence-electron chi connectivity index (χ4n) is 3.48. The van der Waals surface area contributed by atoms with Gasteiger partial charge in [-0.1, -0.05) is 18.5 Å². The van der Waals surface area contributed by atoms with Crippen LogP contribution in [0.25, 0.3) is 0 Å². The summed E-state index contributed by atoms with van der Waals surface area (Å²) < 4.78 is 0. The molecule has 1 amide bonds. The van der Waals surface area contributed by atoms with Gasteiger partial charge in [0, 0.05) is 23.3 Å². The number of carbonyl (C=O) groups is 1. The van der Waals surface area contributed by atoms with E-state index in [1.165, 1.54) is 0 Å². The molecule has 4 nitrogen and oxygen atoms in total. The third-order valence-corrected chi connectivity index (χ3v) is 4.59. The number of carbonyl (C=O) groups excluding carboxylic acids is 1. The van der Waals surface area contributed by atoms with Crippen LogP contribution in [-0.2, 0) is 6.42 Å². The van der Waals surface area contributed by atoms with Crippen LogP contribution in [0.4, 0.5) is 0 Å². The number of aliphatic hydroxyl groups is 1. The number of fused-ring (bicyclic) bond motifs is 2. The summed E-state index contributed by atoms with van der Waals surface area (Å²) in [6, 6.07) is 3.83. The summed E-state index contributed by atoms with van der Waals surface area (Å²) in [6.45, 7) is 1.99. The molecule has 0 aliphatic carbocycles. The van der Waals surface area contributed by atoms with Crippen molar-refractivity contribution in [1.82, 2.24) is 9.88 Å². The van der Waals surface area contributed by atoms with E-state index in [0.717, 1.165) is 25.0 Å². The molecular weight excluding hydrogens is 276 g/mol. The normalized spacial score (nSPS) is 28.8. The first-order chi connectivity index (χ1) is 9.58. The van der Waals surface area contributed by atoms with Crippen LogP contribution in [0.2, 0.25) is 5.15 Å². The van der Waals surface area contributed by atoms with Crippen LogP contribution in [0.3, 0.4) is 0 Å². The Kier molecular flexibility index (Phi) is 3.69. The zero-order chi connectivity index (χ0) is 14.3. The van der Waals surface area contributed by atoms with E-state index in [4.69, 9.17) is 11.6 Å². The molecule has 0 radical (unpaired) electrons. The summed E-state index contributed by atoms with van der Waals surface area (Å²) >= 11 is 6.00. The van der Waals surface area contributed by atoms with Crippen molar-refractivity contribution in [3.63, 3.8) is 0 Å². The predicted molar refractivity (Wildman–Crippen MR) is 76.8 cm³/mol. The van der Waals surface area contributed by atoms with Crippen molar-refractivity contribution < 1.29 is 9.90 Å². The van der Waals surface area contributed by atoms with E-state index >= 15 is 0 Å². The molecule has 20 heavy (non-hydrogen) atoms. The molecule has 0 aromatic carbocycles. The van der Waals surface area contributed by atoms with Gasteiger partial charge < -0.3 is 10.0 Å². The molecule has 3 heterocycles. The van der Waals surface area contributed by atoms with Gasteiger partial charge in [-0.15, -0.1) is 0 Å². The first-order valence-corrected chi connectivity index (χ1v) is 7.63. The minimum absolute atomic E-state index is 0.0309. The predicted octanol–water partition coefficient (Wildman–Crippen LogP) is 2.43. The van der Waals surface area contributed by atoms with Gasteiger partial charge in [0.25, 0.3) is 5.91 Å². The topological polar surface area (TPSA) is 53.4 Å². The number of pyridine rings is 1. The summed E-state index contributed by atoms with van der Waals surface area (Å²) in [5.41, 5.74) is 1.46. The van der Waals surface area contributed by atoms with Gasteiger partial charge in [-0.25, -0.2) is 4.98 Å². The Morgan fingerprint density at radius 1 is 1.40 bits per heavy atom. The van der Waals surface area contributed by atoms with E-state index in [2.05, 4.69) is 4.98 Å². The van der Waals surface area contributed by atoms with Gasteiger partial charge >= 0.3 is 0 Å². The van der Waals surface area contributed by atoms with Gasteiger partial charge in [-0.05, 0) is 44.2 Å². The number of piperidine rings is 1. The standard InChI is InChI=1S/C15H19ClN2O2/c1-2-10-5-9(6-14(16)17-10)15(20)18-11-3-4-12(18)8-13(19)7-11/h5-6,11-13,19H,2-4,7-8H2,1H3. The summed E-state index contributed by atoms with van der Waals surface area (Å²) in [5.74, 6) is 0.0309. The number of hydrogen-bond acceptors (Lipinski definition) is 3. The zero-order valence-electron chi connectivity index (χ0n) is 11.6. The lowest BCUT2D eigenvalue weighted by Gasteiger charge is -2.37. The molecule has 2 saturated heterocycles. The molecule has 0 spiro atoms. The summed E-state index contributed by atoms with van der Waals surface area (Å²) in [6.07, 6.45) is 3.87. The highest BCUT2D eigenvalue weighted by Gasteiger charge is 2.42. The van der Waals surface area contributed by atoms with Crippen molar-refractivity contribution in [3.8, 4) is 0 Å². The van der Waals surface area contributed by atoms with Crippen LogP contribution in [0.1, 0.15) is 48.7 Å². The first-order valence-electron chi connectivity index (χ1n) is 7.25. The Hall–Kier alpha value is -1.13. The number of nitrogens with zero attached hydrogens (tertiary/aromatic N) is 2. The smallest absolute Gasteiger partial charge is 0.254 e. The van der Waals surface area contributed by atoms with Gasteiger partial charge in [0.1, 0.15) is 5.15 Å². The number of hydrogen-bond donors (Lipinski definition) is 1. The molecular formula is C15H19ClN2O2. The summed E-state index contributed by atoms with van der Waals surface area (Å²) in [4.78, 5) is 18.9. The molecule has 2 unspecified atom stereocenters. The lowest BCUT2D eigenvalue weighted by atomic mass is 9.98. The average Bonchev–Trinajstić information content (AvgIpc) is 2.69. The van der Waals surface area contributed by atoms with Crippen molar-refractivity contribution >= 4 is 17.5 Å². The van der Waals surface area contributed by atoms with E-state index < -0.39 is 0 Å². The quantitative estimate of drug-likeness (QED) is 0.852. The van der Waals surface area contributed by atoms with E-state index in [-0.39, 0.29) is 24.1 Å². The van der Waals surface area contributed by atoms with E-state index in [1.807, 2.05) is 17.9 Å². The molecule has 2 aliphatic heterocycles. The monoisotopic (exact) mass is 294 g/mol. The molecule has 1 N–H and O–H groups in total. The number of aromatic nitrogens is 1. The molecule has 3 rings (SSSR count). The second kappa shape index (κ2) is 5.34. The van der Waals surface area contributed by atoms with Crippen LogP contribution < -0.4 is 0 Å². The summed E-state index contributed by atoms with van der Waals surface area (Å²) in [7, 11) is 0. The van der Waals surface area contributed by atoms with E-state index in [0.29, 0.717) is 23.6 Å². The summed E-state index contributed by atoms with van der Waals surface area (Å²) in [5, 5.41) is 10.2. The van der Waals surface area contributed by atoms with E-state index in [9.17, 15) is 9.90 Å². The van der Waals surface area contributed by atoms with Crippen molar-refractivity contribution in [2.75, 3.05) is 0 Å². The third-order valence-electron chi connectivity index (χ3n) is 4.40. The van der Waals surface area contributed by atoms with Crippen LogP contribution in [0.15, 0.2) is 12.1 Å². The van der Waals surface area contributed by atoms with Gasteiger partial charge in [0.05, 0.1) is 6.10 Å². The molecule has 2 aliphatic rings. The van der Waals surface area contributed by atoms with Crippen LogP contribution >= 0.6 is 11.6 Å². The van der Waals surface area contributed by atoms with Crippen LogP contribution in [-0.4, -0.2) is 39.1 Å². The van der Waals surface area contributed by atoms with Crippen LogP contribution in [0, 0.1) is 0 Å². The van der Waals surface area contributed by atoms with Gasteiger partial charge in [-0.2, -0.15) is 0 Å². The second-order valence-corrected chi connectivity index (χ2v) is 6.13. The highest BCUT2D eigenvalue weighted by atomic mass is 35.5. The minimum Gasteiger partial charge on any atom is -0.393 e. The second-order valence-electron chi connectivity index (χ2n) is 5.75. The highest BCUT2D eigenvalue weighted by Crippen LogP contribution is 2.36. The van der Waals surface area contributed by atoms with Gasteiger partial charge in [0.15, 0.2) is 0 Å². The zero-order valence-corrected chi connectivity index (χ0v) is 12.3. The Labute approximate surface area is 123 Å². The Morgan fingerprint density at radius 3 is 2.65 bits per heavy atom. The van der Waals surface area contributed by atoms with Crippen molar-refractivity contribution in [2.45, 2.75) is 57.2 Å². The Bertz CT molecular complexity index is 521. The van der Waals surface area contributed by atoms with Crippen molar-refractivity contribution in [1.29, 1.82) is 0 Å². The number of aliphatic hydroxyl groups excluding tert-OH is 1. The number of aryl methyl sites for hydroxylation is 1. The molecule has 5 heteroatoms. The van der Waals surface area contributed by atoms with Crippen molar-refractivity contribution in [3.05, 3.63) is 28.5 Å². The molecule has 1 aromatic heterocycles. The molecule has 0 saturated carbocycles. The van der Waals surface area contributed by atoms with Gasteiger partial charge in [-0.3, -0.25) is 4.79 Å². The SMILES string of the molecule is CCc1cc(C(=O)N2C3CCC2CC(O)C3)cc(Cl)n1. The lowest BCUT2D eigenvalue weighted by Crippen LogP contribution is -2.48. The lowest BCUT2D eigenvalue weighted by molar-refractivity contribution is 0.0286. The van der Waals surface area contributed by atoms with Crippen molar-refractivity contribution in [2.24, 2.45) is 0 Å². The first kappa shape index (κ1) is 13.8. The van der Waals surface area contributed by atoms with E-state index in [1.54, 1.807) is 6.07 Å². The Balaban J connectivity index is 1.88. The minimum atomic E-state index is -0.260. The Morgan fingerprint density at radius 2 is 2.05 bits per heavy atom. The third kappa shape index (κ3) is 2.42. The fraction of sp³-hybridized carbons (Fsp3) is 0.600. The van der Waals surface area contributed by atoms with Crippen LogP contribution in [0.5, 0.6) is 0 Å². The highest BCUT2D eigenvalue weighted by molar-refractivity contribution is 6.29. The fourth-order valence-corrected chi connectivity index (χ4v) is 3.71. The number of halogens is 1.